The van der Waals surface area contributed by atoms with Gasteiger partial charge in [-0.3, -0.25) is 25.1 Å². The summed E-state index contributed by atoms with van der Waals surface area (Å²) in [5.74, 6) is 0.346. The normalized spacial score (nSPS) is 11.1. The smallest absolute Gasteiger partial charge is 0.270 e. The van der Waals surface area contributed by atoms with Gasteiger partial charge in [0.25, 0.3) is 15.7 Å². The fraction of sp³-hybridized carbons (Fsp3) is 0.0909. The summed E-state index contributed by atoms with van der Waals surface area (Å²) in [6.07, 6.45) is 1.44. The van der Waals surface area contributed by atoms with Crippen molar-refractivity contribution in [1.29, 1.82) is 0 Å². The number of nitrogens with one attached hydrogen (secondary N) is 3. The van der Waals surface area contributed by atoms with Gasteiger partial charge in [-0.15, -0.1) is 0 Å². The van der Waals surface area contributed by atoms with Gasteiger partial charge >= 0.3 is 0 Å². The molecule has 1 amide bonds. The van der Waals surface area contributed by atoms with Crippen LogP contribution < -0.4 is 20.2 Å². The van der Waals surface area contributed by atoms with Gasteiger partial charge in [0.05, 0.1) is 23.9 Å². The molecule has 0 aliphatic carbocycles. The number of non-ortho nitro benzene ring substituents is 1. The number of nitro benzene ring substituents is 1. The van der Waals surface area contributed by atoms with Gasteiger partial charge in [-0.1, -0.05) is 12.1 Å². The summed E-state index contributed by atoms with van der Waals surface area (Å²) in [4.78, 5) is 21.3. The predicted octanol–water partition coefficient (Wildman–Crippen LogP) is 3.81. The zero-order valence-electron chi connectivity index (χ0n) is 18.2. The molecule has 0 saturated carbocycles. The topological polar surface area (TPSA) is 152 Å². The van der Waals surface area contributed by atoms with E-state index < -0.39 is 20.6 Å². The van der Waals surface area contributed by atoms with Crippen molar-refractivity contribution in [3.63, 3.8) is 0 Å². The van der Waals surface area contributed by atoms with Gasteiger partial charge in [0.15, 0.2) is 0 Å². The van der Waals surface area contributed by atoms with Crippen molar-refractivity contribution in [2.75, 3.05) is 22.6 Å². The summed E-state index contributed by atoms with van der Waals surface area (Å²) in [5.41, 5.74) is 3.81. The number of hydrogen-bond donors (Lipinski definition) is 3. The quantitative estimate of drug-likeness (QED) is 0.238. The molecular formula is C22H21N5O6S. The molecule has 0 unspecified atom stereocenters. The molecule has 0 saturated heterocycles. The number of carbonyl (C=O) groups is 1. The third kappa shape index (κ3) is 6.29. The van der Waals surface area contributed by atoms with Crippen LogP contribution in [0.5, 0.6) is 5.75 Å². The number of sulfonamides is 1. The molecule has 0 aliphatic heterocycles. The summed E-state index contributed by atoms with van der Waals surface area (Å²) in [5, 5.41) is 17.9. The van der Waals surface area contributed by atoms with Crippen LogP contribution in [0.25, 0.3) is 0 Å². The van der Waals surface area contributed by atoms with Crippen LogP contribution in [0.15, 0.2) is 76.7 Å². The van der Waals surface area contributed by atoms with E-state index in [0.717, 1.165) is 6.07 Å². The van der Waals surface area contributed by atoms with Crippen LogP contribution in [0, 0.1) is 10.1 Å². The standard InChI is InChI=1S/C22H21N5O6S/c1-15(28)24-17-5-3-16(4-6-17)14-23-25-21-12-9-19(27(29)30)13-22(21)34(31,32)26-18-7-10-20(33-2)11-8-18/h3-14,25-26H,1-2H3,(H,24,28)/b23-14-. The number of amides is 1. The summed E-state index contributed by atoms with van der Waals surface area (Å²) < 4.78 is 33.5. The molecule has 0 spiro atoms. The predicted molar refractivity (Wildman–Crippen MR) is 129 cm³/mol. The molecule has 0 atom stereocenters. The lowest BCUT2D eigenvalue weighted by Crippen LogP contribution is -2.15. The monoisotopic (exact) mass is 483 g/mol. The minimum absolute atomic E-state index is 0.0396. The van der Waals surface area contributed by atoms with Crippen LogP contribution in [-0.4, -0.2) is 32.6 Å². The van der Waals surface area contributed by atoms with Crippen LogP contribution in [0.1, 0.15) is 12.5 Å². The molecule has 0 aliphatic rings. The Hall–Kier alpha value is -4.45. The van der Waals surface area contributed by atoms with E-state index in [4.69, 9.17) is 4.74 Å². The molecule has 0 radical (unpaired) electrons. The van der Waals surface area contributed by atoms with Gasteiger partial charge in [-0.05, 0) is 48.0 Å². The maximum atomic E-state index is 13.0. The van der Waals surface area contributed by atoms with E-state index >= 15 is 0 Å². The minimum atomic E-state index is -4.20. The van der Waals surface area contributed by atoms with Crippen molar-refractivity contribution in [2.45, 2.75) is 11.8 Å². The van der Waals surface area contributed by atoms with Gasteiger partial charge in [-0.25, -0.2) is 8.42 Å². The molecule has 3 aromatic rings. The molecule has 0 fully saturated rings. The zero-order chi connectivity index (χ0) is 24.7. The van der Waals surface area contributed by atoms with Crippen LogP contribution >= 0.6 is 0 Å². The van der Waals surface area contributed by atoms with Gasteiger partial charge in [0.1, 0.15) is 10.6 Å². The number of methoxy groups -OCH3 is 1. The highest BCUT2D eigenvalue weighted by Crippen LogP contribution is 2.29. The van der Waals surface area contributed by atoms with E-state index in [-0.39, 0.29) is 22.2 Å². The van der Waals surface area contributed by atoms with Crippen molar-refractivity contribution in [2.24, 2.45) is 5.10 Å². The number of hydrazone groups is 1. The molecule has 34 heavy (non-hydrogen) atoms. The van der Waals surface area contributed by atoms with Gasteiger partial charge < -0.3 is 10.1 Å². The lowest BCUT2D eigenvalue weighted by molar-refractivity contribution is -0.385. The molecule has 3 rings (SSSR count). The highest BCUT2D eigenvalue weighted by atomic mass is 32.2. The molecule has 12 heteroatoms. The first kappa shape index (κ1) is 24.2. The summed E-state index contributed by atoms with van der Waals surface area (Å²) in [6, 6.07) is 16.3. The second-order valence-corrected chi connectivity index (χ2v) is 8.60. The number of benzene rings is 3. The van der Waals surface area contributed by atoms with Crippen LogP contribution in [0.3, 0.4) is 0 Å². The Morgan fingerprint density at radius 2 is 1.68 bits per heavy atom. The molecule has 0 bridgehead atoms. The van der Waals surface area contributed by atoms with Crippen molar-refractivity contribution >= 4 is 44.9 Å². The van der Waals surface area contributed by atoms with E-state index in [0.29, 0.717) is 17.0 Å². The Labute approximate surface area is 195 Å². The summed E-state index contributed by atoms with van der Waals surface area (Å²) in [6.45, 7) is 1.40. The van der Waals surface area contributed by atoms with E-state index in [1.165, 1.54) is 44.5 Å². The maximum absolute atomic E-state index is 13.0. The van der Waals surface area contributed by atoms with Gasteiger partial charge in [-0.2, -0.15) is 5.10 Å². The number of rotatable bonds is 9. The maximum Gasteiger partial charge on any atom is 0.270 e. The molecule has 0 aromatic heterocycles. The Kier molecular flexibility index (Phi) is 7.43. The molecule has 11 nitrogen and oxygen atoms in total. The minimum Gasteiger partial charge on any atom is -0.497 e. The second kappa shape index (κ2) is 10.4. The molecule has 3 N–H and O–H groups in total. The van der Waals surface area contributed by atoms with E-state index in [9.17, 15) is 23.3 Å². The fourth-order valence-electron chi connectivity index (χ4n) is 2.84. The largest absolute Gasteiger partial charge is 0.497 e. The first-order valence-electron chi connectivity index (χ1n) is 9.80. The highest BCUT2D eigenvalue weighted by Gasteiger charge is 2.22. The van der Waals surface area contributed by atoms with Gasteiger partial charge in [0.2, 0.25) is 5.91 Å². The average molecular weight is 484 g/mol. The molecule has 3 aromatic carbocycles. The Balaban J connectivity index is 1.85. The number of ether oxygens (including phenoxy) is 1. The van der Waals surface area contributed by atoms with Crippen LogP contribution in [0.4, 0.5) is 22.7 Å². The van der Waals surface area contributed by atoms with E-state index in [2.05, 4.69) is 20.6 Å². The number of nitro groups is 1. The number of nitrogens with zero attached hydrogens (tertiary/aromatic N) is 2. The molecule has 0 heterocycles. The number of carbonyl (C=O) groups excluding carboxylic acids is 1. The molecule has 176 valence electrons. The van der Waals surface area contributed by atoms with E-state index in [1.807, 2.05) is 0 Å². The first-order chi connectivity index (χ1) is 16.2. The Bertz CT molecular complexity index is 1320. The average Bonchev–Trinajstić information content (AvgIpc) is 2.80. The summed E-state index contributed by atoms with van der Waals surface area (Å²) in [7, 11) is -2.72. The van der Waals surface area contributed by atoms with Crippen molar-refractivity contribution in [3.8, 4) is 5.75 Å². The van der Waals surface area contributed by atoms with Crippen molar-refractivity contribution in [3.05, 3.63) is 82.4 Å². The highest BCUT2D eigenvalue weighted by molar-refractivity contribution is 7.92. The third-order valence-corrected chi connectivity index (χ3v) is 5.86. The Morgan fingerprint density at radius 3 is 2.26 bits per heavy atom. The van der Waals surface area contributed by atoms with Crippen LogP contribution in [-0.2, 0) is 14.8 Å². The third-order valence-electron chi connectivity index (χ3n) is 4.44. The first-order valence-corrected chi connectivity index (χ1v) is 11.3. The second-order valence-electron chi connectivity index (χ2n) is 6.94. The summed E-state index contributed by atoms with van der Waals surface area (Å²) >= 11 is 0. The Morgan fingerprint density at radius 1 is 1.03 bits per heavy atom. The van der Waals surface area contributed by atoms with Crippen LogP contribution in [0.2, 0.25) is 0 Å². The number of anilines is 3. The molecular weight excluding hydrogens is 462 g/mol. The number of hydrogen-bond acceptors (Lipinski definition) is 8. The SMILES string of the molecule is COc1ccc(NS(=O)(=O)c2cc([N+](=O)[O-])ccc2N/N=C\c2ccc(NC(C)=O)cc2)cc1. The van der Waals surface area contributed by atoms with E-state index in [1.54, 1.807) is 36.4 Å². The zero-order valence-corrected chi connectivity index (χ0v) is 19.0. The lowest BCUT2D eigenvalue weighted by atomic mass is 10.2. The van der Waals surface area contributed by atoms with Crippen molar-refractivity contribution < 1.29 is 22.9 Å². The fourth-order valence-corrected chi connectivity index (χ4v) is 4.08. The van der Waals surface area contributed by atoms with Crippen molar-refractivity contribution in [1.82, 2.24) is 0 Å². The van der Waals surface area contributed by atoms with Gasteiger partial charge in [0, 0.05) is 30.4 Å². The lowest BCUT2D eigenvalue weighted by Gasteiger charge is -2.12.